The van der Waals surface area contributed by atoms with Gasteiger partial charge in [-0.3, -0.25) is 0 Å². The Balaban J connectivity index is 2.96. The minimum Gasteiger partial charge on any atom is -0.192 e. The van der Waals surface area contributed by atoms with E-state index in [2.05, 4.69) is 32.0 Å². The van der Waals surface area contributed by atoms with Crippen molar-refractivity contribution in [3.05, 3.63) is 51.4 Å². The van der Waals surface area contributed by atoms with Crippen LogP contribution in [0, 0.1) is 11.3 Å². The first-order valence-electron chi connectivity index (χ1n) is 4.58. The fraction of sp³-hybridized carbons (Fsp3) is 0.182. The molecule has 0 spiro atoms. The third kappa shape index (κ3) is 3.43. The van der Waals surface area contributed by atoms with Crippen molar-refractivity contribution in [1.29, 1.82) is 5.26 Å². The highest BCUT2D eigenvalue weighted by molar-refractivity contribution is 9.08. The van der Waals surface area contributed by atoms with Crippen molar-refractivity contribution in [2.75, 3.05) is 6.54 Å². The Bertz CT molecular complexity index is 481. The van der Waals surface area contributed by atoms with Gasteiger partial charge in [0.2, 0.25) is 0 Å². The first-order chi connectivity index (χ1) is 7.81. The highest BCUT2D eigenvalue weighted by Gasteiger charge is 1.99. The number of nitrogens with zero attached hydrogens (tertiary/aromatic N) is 4. The summed E-state index contributed by atoms with van der Waals surface area (Å²) in [5.74, 6) is 0. The molecule has 0 aliphatic heterocycles. The Morgan fingerprint density at radius 1 is 1.56 bits per heavy atom. The van der Waals surface area contributed by atoms with E-state index in [0.29, 0.717) is 12.1 Å². The van der Waals surface area contributed by atoms with Gasteiger partial charge >= 0.3 is 0 Å². The smallest absolute Gasteiger partial charge is 0.0991 e. The maximum Gasteiger partial charge on any atom is 0.0991 e. The van der Waals surface area contributed by atoms with Gasteiger partial charge in [0.15, 0.2) is 0 Å². The standard InChI is InChI=1S/C11H9BrN4/c12-7-11-4-3-9(8-13)6-10(11)2-1-5-15-16-14/h1-4,6H,5,7H2. The number of alkyl halides is 1. The summed E-state index contributed by atoms with van der Waals surface area (Å²) < 4.78 is 0. The largest absolute Gasteiger partial charge is 0.192 e. The van der Waals surface area contributed by atoms with Crippen molar-refractivity contribution in [1.82, 2.24) is 0 Å². The van der Waals surface area contributed by atoms with E-state index in [1.807, 2.05) is 18.2 Å². The third-order valence-corrected chi connectivity index (χ3v) is 2.57. The Kier molecular flexibility index (Phi) is 5.13. The van der Waals surface area contributed by atoms with Gasteiger partial charge in [0, 0.05) is 16.8 Å². The minimum atomic E-state index is 0.314. The van der Waals surface area contributed by atoms with Crippen molar-refractivity contribution in [3.63, 3.8) is 0 Å². The second kappa shape index (κ2) is 6.67. The Morgan fingerprint density at radius 2 is 2.38 bits per heavy atom. The van der Waals surface area contributed by atoms with Crippen LogP contribution in [0.15, 0.2) is 29.4 Å². The quantitative estimate of drug-likeness (QED) is 0.357. The molecule has 0 unspecified atom stereocenters. The first kappa shape index (κ1) is 12.3. The Hall–Kier alpha value is -1.76. The summed E-state index contributed by atoms with van der Waals surface area (Å²) in [5, 5.41) is 12.9. The molecule has 0 N–H and O–H groups in total. The van der Waals surface area contributed by atoms with Crippen molar-refractivity contribution < 1.29 is 0 Å². The SMILES string of the molecule is N#Cc1ccc(CBr)c(C=CCN=[N+]=[N-])c1. The summed E-state index contributed by atoms with van der Waals surface area (Å²) in [6, 6.07) is 7.58. The molecule has 0 aromatic heterocycles. The highest BCUT2D eigenvalue weighted by Crippen LogP contribution is 2.16. The van der Waals surface area contributed by atoms with Crippen LogP contribution in [0.2, 0.25) is 0 Å². The first-order valence-corrected chi connectivity index (χ1v) is 5.70. The lowest BCUT2D eigenvalue weighted by Gasteiger charge is -2.02. The number of nitriles is 1. The van der Waals surface area contributed by atoms with Crippen LogP contribution in [0.25, 0.3) is 16.5 Å². The average molecular weight is 277 g/mol. The number of azide groups is 1. The van der Waals surface area contributed by atoms with Crippen molar-refractivity contribution in [2.45, 2.75) is 5.33 Å². The van der Waals surface area contributed by atoms with Gasteiger partial charge < -0.3 is 0 Å². The van der Waals surface area contributed by atoms with E-state index in [0.717, 1.165) is 16.5 Å². The van der Waals surface area contributed by atoms with E-state index in [-0.39, 0.29) is 0 Å². The molecular formula is C11H9BrN4. The summed E-state index contributed by atoms with van der Waals surface area (Å²) in [6.45, 7) is 0.314. The van der Waals surface area contributed by atoms with Gasteiger partial charge in [-0.2, -0.15) is 5.26 Å². The molecule has 0 bridgehead atoms. The van der Waals surface area contributed by atoms with Gasteiger partial charge in [0.05, 0.1) is 11.6 Å². The molecule has 5 heteroatoms. The molecule has 0 atom stereocenters. The molecule has 4 nitrogen and oxygen atoms in total. The minimum absolute atomic E-state index is 0.314. The summed E-state index contributed by atoms with van der Waals surface area (Å²) in [5.41, 5.74) is 10.8. The van der Waals surface area contributed by atoms with E-state index in [1.54, 1.807) is 12.1 Å². The van der Waals surface area contributed by atoms with Crippen LogP contribution in [0.5, 0.6) is 0 Å². The number of benzene rings is 1. The number of hydrogen-bond donors (Lipinski definition) is 0. The van der Waals surface area contributed by atoms with Gasteiger partial charge in [-0.05, 0) is 28.8 Å². The molecule has 1 aromatic carbocycles. The maximum absolute atomic E-state index is 8.78. The Morgan fingerprint density at radius 3 is 3.00 bits per heavy atom. The van der Waals surface area contributed by atoms with Gasteiger partial charge in [-0.15, -0.1) is 0 Å². The molecule has 1 rings (SSSR count). The molecule has 0 radical (unpaired) electrons. The number of halogens is 1. The lowest BCUT2D eigenvalue weighted by atomic mass is 10.1. The third-order valence-electron chi connectivity index (χ3n) is 1.97. The molecular weight excluding hydrogens is 268 g/mol. The van der Waals surface area contributed by atoms with E-state index < -0.39 is 0 Å². The van der Waals surface area contributed by atoms with Crippen molar-refractivity contribution in [2.24, 2.45) is 5.11 Å². The van der Waals surface area contributed by atoms with Crippen LogP contribution in [0.4, 0.5) is 0 Å². The van der Waals surface area contributed by atoms with Crippen LogP contribution in [0.3, 0.4) is 0 Å². The van der Waals surface area contributed by atoms with Crippen LogP contribution < -0.4 is 0 Å². The molecule has 0 heterocycles. The van der Waals surface area contributed by atoms with E-state index >= 15 is 0 Å². The van der Waals surface area contributed by atoms with Gasteiger partial charge in [0.1, 0.15) is 0 Å². The topological polar surface area (TPSA) is 72.5 Å². The lowest BCUT2D eigenvalue weighted by Crippen LogP contribution is -1.86. The molecule has 1 aromatic rings. The highest BCUT2D eigenvalue weighted by atomic mass is 79.9. The van der Waals surface area contributed by atoms with Crippen molar-refractivity contribution in [3.8, 4) is 6.07 Å². The summed E-state index contributed by atoms with van der Waals surface area (Å²) in [7, 11) is 0. The fourth-order valence-corrected chi connectivity index (χ4v) is 1.72. The molecule has 0 fully saturated rings. The van der Waals surface area contributed by atoms with Crippen molar-refractivity contribution >= 4 is 22.0 Å². The molecule has 0 aliphatic carbocycles. The second-order valence-corrected chi connectivity index (χ2v) is 3.54. The fourth-order valence-electron chi connectivity index (χ4n) is 1.20. The van der Waals surface area contributed by atoms with Gasteiger partial charge in [-0.25, -0.2) is 0 Å². The average Bonchev–Trinajstić information content (AvgIpc) is 2.34. The summed E-state index contributed by atoms with van der Waals surface area (Å²) >= 11 is 3.38. The van der Waals surface area contributed by atoms with Gasteiger partial charge in [0.25, 0.3) is 0 Å². The number of rotatable bonds is 4. The molecule has 0 saturated heterocycles. The van der Waals surface area contributed by atoms with E-state index in [9.17, 15) is 0 Å². The van der Waals surface area contributed by atoms with Crippen LogP contribution in [-0.4, -0.2) is 6.54 Å². The lowest BCUT2D eigenvalue weighted by molar-refractivity contribution is 1.22. The summed E-state index contributed by atoms with van der Waals surface area (Å²) in [6.07, 6.45) is 3.62. The normalized spacial score (nSPS) is 9.75. The van der Waals surface area contributed by atoms with E-state index in [1.165, 1.54) is 0 Å². The molecule has 80 valence electrons. The van der Waals surface area contributed by atoms with Crippen LogP contribution in [-0.2, 0) is 5.33 Å². The zero-order chi connectivity index (χ0) is 11.8. The zero-order valence-electron chi connectivity index (χ0n) is 8.47. The predicted molar refractivity (Wildman–Crippen MR) is 66.8 cm³/mol. The predicted octanol–water partition coefficient (Wildman–Crippen LogP) is 3.78. The maximum atomic E-state index is 8.78. The summed E-state index contributed by atoms with van der Waals surface area (Å²) in [4.78, 5) is 2.66. The molecule has 16 heavy (non-hydrogen) atoms. The molecule has 0 aliphatic rings. The van der Waals surface area contributed by atoms with E-state index in [4.69, 9.17) is 10.8 Å². The Labute approximate surface area is 102 Å². The number of hydrogen-bond acceptors (Lipinski definition) is 2. The monoisotopic (exact) mass is 276 g/mol. The molecule has 0 saturated carbocycles. The second-order valence-electron chi connectivity index (χ2n) is 2.97. The molecule has 0 amide bonds. The zero-order valence-corrected chi connectivity index (χ0v) is 10.1. The van der Waals surface area contributed by atoms with Crippen LogP contribution >= 0.6 is 15.9 Å². The van der Waals surface area contributed by atoms with Crippen LogP contribution in [0.1, 0.15) is 16.7 Å². The van der Waals surface area contributed by atoms with Gasteiger partial charge in [-0.1, -0.05) is 39.3 Å².